The molecule has 1 aliphatic rings. The molecule has 1 rings (SSSR count). The van der Waals surface area contributed by atoms with E-state index in [1.807, 2.05) is 0 Å². The van der Waals surface area contributed by atoms with E-state index in [-0.39, 0.29) is 0 Å². The molecule has 2 radical (unpaired) electrons. The van der Waals surface area contributed by atoms with Gasteiger partial charge in [0.1, 0.15) is 0 Å². The second-order valence-electron chi connectivity index (χ2n) is 3.35. The zero-order valence-electron chi connectivity index (χ0n) is 6.59. The van der Waals surface area contributed by atoms with Gasteiger partial charge in [-0.15, -0.1) is 0 Å². The highest BCUT2D eigenvalue weighted by Gasteiger charge is 2.28. The third-order valence-corrected chi connectivity index (χ3v) is 2.63. The summed E-state index contributed by atoms with van der Waals surface area (Å²) in [6.07, 6.45) is 3.32. The Morgan fingerprint density at radius 3 is 2.50 bits per heavy atom. The number of aliphatic hydroxyl groups excluding tert-OH is 1. The summed E-state index contributed by atoms with van der Waals surface area (Å²) >= 11 is 0. The molecule has 0 aromatic carbocycles. The molecule has 1 unspecified atom stereocenters. The molecule has 1 aliphatic carbocycles. The van der Waals surface area contributed by atoms with Crippen molar-refractivity contribution in [1.29, 1.82) is 0 Å². The molecule has 0 aromatic heterocycles. The third-order valence-electron chi connectivity index (χ3n) is 2.63. The highest BCUT2D eigenvalue weighted by atomic mass is 16.3. The molecular weight excluding hydrogens is 123 g/mol. The van der Waals surface area contributed by atoms with Crippen LogP contribution in [0.25, 0.3) is 0 Å². The molecule has 3 atom stereocenters. The topological polar surface area (TPSA) is 20.2 Å². The molecule has 1 fully saturated rings. The quantitative estimate of drug-likeness (QED) is 0.571. The summed E-state index contributed by atoms with van der Waals surface area (Å²) in [5, 5.41) is 8.84. The smallest absolute Gasteiger partial charge is 0.0703 e. The van der Waals surface area contributed by atoms with Crippen molar-refractivity contribution >= 4 is 7.85 Å². The van der Waals surface area contributed by atoms with Crippen molar-refractivity contribution in [3.05, 3.63) is 0 Å². The lowest BCUT2D eigenvalue weighted by Crippen LogP contribution is -2.00. The monoisotopic (exact) mass is 138 g/mol. The number of hydrogen-bond acceptors (Lipinski definition) is 1. The van der Waals surface area contributed by atoms with Crippen molar-refractivity contribution in [2.75, 3.05) is 6.61 Å². The fraction of sp³-hybridized carbons (Fsp3) is 1.00. The van der Waals surface area contributed by atoms with E-state index >= 15 is 0 Å². The van der Waals surface area contributed by atoms with E-state index in [9.17, 15) is 0 Å². The van der Waals surface area contributed by atoms with Gasteiger partial charge in [-0.05, 0) is 18.3 Å². The maximum absolute atomic E-state index is 8.84. The maximum Gasteiger partial charge on any atom is 0.0703 e. The molecule has 0 saturated heterocycles. The summed E-state index contributed by atoms with van der Waals surface area (Å²) in [5.74, 6) is 1.50. The standard InChI is InChI=1S/C8H15BO/c1-2-7-3-6(5-10)4-8(7)9/h6-8,10H,2-5H2,1H3/t6-,7?,8-/m1/s1. The summed E-state index contributed by atoms with van der Waals surface area (Å²) in [4.78, 5) is 0. The van der Waals surface area contributed by atoms with Crippen LogP contribution in [0, 0.1) is 11.8 Å². The molecule has 0 aliphatic heterocycles. The summed E-state index contributed by atoms with van der Waals surface area (Å²) in [7, 11) is 5.84. The van der Waals surface area contributed by atoms with Crippen molar-refractivity contribution in [1.82, 2.24) is 0 Å². The highest BCUT2D eigenvalue weighted by Crippen LogP contribution is 2.39. The molecule has 1 saturated carbocycles. The Morgan fingerprint density at radius 1 is 1.50 bits per heavy atom. The molecule has 0 spiro atoms. The Hall–Kier alpha value is 0.0249. The maximum atomic E-state index is 8.84. The Bertz CT molecular complexity index is 105. The first-order valence-electron chi connectivity index (χ1n) is 4.14. The van der Waals surface area contributed by atoms with Gasteiger partial charge in [0.2, 0.25) is 0 Å². The molecule has 2 heteroatoms. The Balaban J connectivity index is 2.36. The zero-order chi connectivity index (χ0) is 7.56. The average Bonchev–Trinajstić information content (AvgIpc) is 2.30. The Labute approximate surface area is 64.2 Å². The van der Waals surface area contributed by atoms with E-state index in [0.29, 0.717) is 24.3 Å². The molecule has 10 heavy (non-hydrogen) atoms. The summed E-state index contributed by atoms with van der Waals surface area (Å²) in [5.41, 5.74) is 0. The van der Waals surface area contributed by atoms with Gasteiger partial charge in [0.25, 0.3) is 0 Å². The van der Waals surface area contributed by atoms with E-state index < -0.39 is 0 Å². The van der Waals surface area contributed by atoms with E-state index in [0.717, 1.165) is 19.3 Å². The first kappa shape index (κ1) is 8.12. The molecule has 0 amide bonds. The number of aliphatic hydroxyl groups is 1. The molecule has 0 bridgehead atoms. The number of hydrogen-bond donors (Lipinski definition) is 1. The first-order valence-corrected chi connectivity index (χ1v) is 4.14. The van der Waals surface area contributed by atoms with Gasteiger partial charge in [-0.1, -0.05) is 25.6 Å². The highest BCUT2D eigenvalue weighted by molar-refractivity contribution is 6.12. The van der Waals surface area contributed by atoms with Gasteiger partial charge in [-0.25, -0.2) is 0 Å². The van der Waals surface area contributed by atoms with Gasteiger partial charge in [-0.2, -0.15) is 0 Å². The Morgan fingerprint density at radius 2 is 2.20 bits per heavy atom. The van der Waals surface area contributed by atoms with Crippen LogP contribution in [0.2, 0.25) is 5.82 Å². The van der Waals surface area contributed by atoms with Crippen molar-refractivity contribution < 1.29 is 5.11 Å². The first-order chi connectivity index (χ1) is 4.77. The van der Waals surface area contributed by atoms with Crippen LogP contribution in [-0.4, -0.2) is 19.6 Å². The summed E-state index contributed by atoms with van der Waals surface area (Å²) < 4.78 is 0. The average molecular weight is 138 g/mol. The zero-order valence-corrected chi connectivity index (χ0v) is 6.59. The van der Waals surface area contributed by atoms with Crippen molar-refractivity contribution in [3.63, 3.8) is 0 Å². The molecule has 0 aromatic rings. The minimum absolute atomic E-state index is 0.324. The molecule has 0 heterocycles. The van der Waals surface area contributed by atoms with Crippen LogP contribution >= 0.6 is 0 Å². The second-order valence-corrected chi connectivity index (χ2v) is 3.35. The lowest BCUT2D eigenvalue weighted by molar-refractivity contribution is 0.226. The van der Waals surface area contributed by atoms with Gasteiger partial charge >= 0.3 is 0 Å². The van der Waals surface area contributed by atoms with Gasteiger partial charge in [-0.3, -0.25) is 0 Å². The lowest BCUT2D eigenvalue weighted by atomic mass is 9.78. The SMILES string of the molecule is [B][C@@H]1C[C@H](CO)CC1CC. The number of rotatable bonds is 2. The van der Waals surface area contributed by atoms with E-state index in [4.69, 9.17) is 13.0 Å². The summed E-state index contributed by atoms with van der Waals surface area (Å²) in [6.45, 7) is 2.49. The largest absolute Gasteiger partial charge is 0.396 e. The second kappa shape index (κ2) is 3.43. The van der Waals surface area contributed by atoms with Crippen LogP contribution in [0.4, 0.5) is 0 Å². The Kier molecular flexibility index (Phi) is 2.78. The molecular formula is C8H15BO. The van der Waals surface area contributed by atoms with Crippen LogP contribution in [0.5, 0.6) is 0 Å². The minimum atomic E-state index is 0.324. The molecule has 56 valence electrons. The van der Waals surface area contributed by atoms with Gasteiger partial charge < -0.3 is 5.11 Å². The van der Waals surface area contributed by atoms with E-state index in [1.54, 1.807) is 0 Å². The van der Waals surface area contributed by atoms with Crippen LogP contribution < -0.4 is 0 Å². The third kappa shape index (κ3) is 1.54. The van der Waals surface area contributed by atoms with Crippen molar-refractivity contribution in [2.45, 2.75) is 32.0 Å². The van der Waals surface area contributed by atoms with Crippen LogP contribution in [0.1, 0.15) is 26.2 Å². The van der Waals surface area contributed by atoms with Crippen molar-refractivity contribution in [3.8, 4) is 0 Å². The van der Waals surface area contributed by atoms with Crippen LogP contribution in [0.15, 0.2) is 0 Å². The fourth-order valence-electron chi connectivity index (χ4n) is 1.90. The van der Waals surface area contributed by atoms with Gasteiger partial charge in [0.05, 0.1) is 7.85 Å². The fourth-order valence-corrected chi connectivity index (χ4v) is 1.90. The van der Waals surface area contributed by atoms with Crippen molar-refractivity contribution in [2.24, 2.45) is 11.8 Å². The normalized spacial score (nSPS) is 40.4. The minimum Gasteiger partial charge on any atom is -0.396 e. The van der Waals surface area contributed by atoms with Gasteiger partial charge in [0, 0.05) is 6.61 Å². The molecule has 1 nitrogen and oxygen atoms in total. The van der Waals surface area contributed by atoms with Gasteiger partial charge in [0.15, 0.2) is 0 Å². The molecule has 1 N–H and O–H groups in total. The van der Waals surface area contributed by atoms with Crippen LogP contribution in [-0.2, 0) is 0 Å². The lowest BCUT2D eigenvalue weighted by Gasteiger charge is -2.10. The predicted molar refractivity (Wildman–Crippen MR) is 43.1 cm³/mol. The van der Waals surface area contributed by atoms with E-state index in [2.05, 4.69) is 6.92 Å². The predicted octanol–water partition coefficient (Wildman–Crippen LogP) is 1.37. The van der Waals surface area contributed by atoms with E-state index in [1.165, 1.54) is 0 Å². The summed E-state index contributed by atoms with van der Waals surface area (Å²) in [6, 6.07) is 0. The van der Waals surface area contributed by atoms with Crippen LogP contribution in [0.3, 0.4) is 0 Å².